The molecule has 0 radical (unpaired) electrons. The number of para-hydroxylation sites is 2. The van der Waals surface area contributed by atoms with E-state index in [1.54, 1.807) is 0 Å². The molecule has 0 amide bonds. The van der Waals surface area contributed by atoms with Crippen LogP contribution >= 0.6 is 0 Å². The third-order valence-corrected chi connectivity index (χ3v) is 4.04. The van der Waals surface area contributed by atoms with Gasteiger partial charge in [-0.15, -0.1) is 0 Å². The summed E-state index contributed by atoms with van der Waals surface area (Å²) in [6.07, 6.45) is 3.38. The van der Waals surface area contributed by atoms with Crippen LogP contribution in [0.4, 0.5) is 0 Å². The molecule has 1 unspecified atom stereocenters. The first-order valence-electron chi connectivity index (χ1n) is 7.47. The van der Waals surface area contributed by atoms with E-state index in [1.165, 1.54) is 6.42 Å². The highest BCUT2D eigenvalue weighted by molar-refractivity contribution is 5.83. The zero-order valence-corrected chi connectivity index (χ0v) is 11.9. The molecule has 1 fully saturated rings. The van der Waals surface area contributed by atoms with Crippen LogP contribution in [-0.4, -0.2) is 27.9 Å². The van der Waals surface area contributed by atoms with Gasteiger partial charge in [0.1, 0.15) is 11.6 Å². The summed E-state index contributed by atoms with van der Waals surface area (Å²) < 4.78 is 2.15. The van der Waals surface area contributed by atoms with Crippen LogP contribution in [0.3, 0.4) is 0 Å². The van der Waals surface area contributed by atoms with Gasteiger partial charge in [0.2, 0.25) is 0 Å². The van der Waals surface area contributed by atoms with E-state index in [4.69, 9.17) is 0 Å². The average molecular weight is 271 g/mol. The summed E-state index contributed by atoms with van der Waals surface area (Å²) >= 11 is 0. The summed E-state index contributed by atoms with van der Waals surface area (Å²) in [5.74, 6) is 1.19. The van der Waals surface area contributed by atoms with Crippen molar-refractivity contribution in [3.05, 3.63) is 30.1 Å². The van der Waals surface area contributed by atoms with Gasteiger partial charge in [0.25, 0.3) is 0 Å². The molecule has 1 aromatic carbocycles. The molecule has 106 valence electrons. The van der Waals surface area contributed by atoms with Gasteiger partial charge < -0.3 is 9.88 Å². The van der Waals surface area contributed by atoms with E-state index >= 15 is 0 Å². The molecule has 2 aromatic rings. The van der Waals surface area contributed by atoms with Gasteiger partial charge >= 0.3 is 0 Å². The Balaban J connectivity index is 1.77. The number of fused-ring (bicyclic) bond motifs is 1. The fraction of sp³-hybridized carbons (Fsp3) is 0.500. The van der Waals surface area contributed by atoms with Crippen LogP contribution in [0, 0.1) is 0 Å². The number of rotatable bonds is 5. The van der Waals surface area contributed by atoms with Gasteiger partial charge in [-0.2, -0.15) is 0 Å². The van der Waals surface area contributed by atoms with E-state index < -0.39 is 0 Å². The van der Waals surface area contributed by atoms with Crippen LogP contribution in [0.25, 0.3) is 11.0 Å². The predicted molar refractivity (Wildman–Crippen MR) is 79.8 cm³/mol. The maximum atomic E-state index is 12.2. The zero-order chi connectivity index (χ0) is 13.9. The Hall–Kier alpha value is -1.68. The Bertz CT molecular complexity index is 611. The van der Waals surface area contributed by atoms with Crippen LogP contribution in [0.1, 0.15) is 32.0 Å². The topological polar surface area (TPSA) is 46.9 Å². The number of nitrogens with one attached hydrogen (secondary N) is 1. The summed E-state index contributed by atoms with van der Waals surface area (Å²) in [4.78, 5) is 16.8. The van der Waals surface area contributed by atoms with Crippen molar-refractivity contribution in [1.29, 1.82) is 0 Å². The van der Waals surface area contributed by atoms with Gasteiger partial charge in [-0.1, -0.05) is 12.1 Å². The normalized spacial score (nSPS) is 18.8. The van der Waals surface area contributed by atoms with Crippen LogP contribution < -0.4 is 5.32 Å². The number of Topliss-reactive ketones (excluding diaryl/α,β-unsaturated/α-hetero) is 1. The highest BCUT2D eigenvalue weighted by Crippen LogP contribution is 2.17. The van der Waals surface area contributed by atoms with Gasteiger partial charge in [0, 0.05) is 19.0 Å². The molecule has 1 aliphatic heterocycles. The molecule has 1 aliphatic rings. The molecule has 0 bridgehead atoms. The fourth-order valence-electron chi connectivity index (χ4n) is 3.07. The van der Waals surface area contributed by atoms with Crippen LogP contribution in [0.15, 0.2) is 24.3 Å². The van der Waals surface area contributed by atoms with Crippen LogP contribution in [0.5, 0.6) is 0 Å². The Kier molecular flexibility index (Phi) is 3.83. The fourth-order valence-corrected chi connectivity index (χ4v) is 3.07. The SMILES string of the molecule is CCn1c(CC(=O)CC2CCCN2)nc2ccccc21. The van der Waals surface area contributed by atoms with Crippen molar-refractivity contribution in [2.45, 2.75) is 45.2 Å². The molecule has 3 rings (SSSR count). The minimum atomic E-state index is 0.286. The number of carbonyl (C=O) groups is 1. The lowest BCUT2D eigenvalue weighted by atomic mass is 10.1. The Morgan fingerprint density at radius 2 is 2.30 bits per heavy atom. The van der Waals surface area contributed by atoms with E-state index in [0.29, 0.717) is 18.9 Å². The first-order valence-corrected chi connectivity index (χ1v) is 7.47. The van der Waals surface area contributed by atoms with Crippen molar-refractivity contribution < 1.29 is 4.79 Å². The lowest BCUT2D eigenvalue weighted by Gasteiger charge is -2.09. The molecular formula is C16H21N3O. The highest BCUT2D eigenvalue weighted by atomic mass is 16.1. The minimum absolute atomic E-state index is 0.286. The lowest BCUT2D eigenvalue weighted by Crippen LogP contribution is -2.25. The average Bonchev–Trinajstić information content (AvgIpc) is 3.05. The van der Waals surface area contributed by atoms with E-state index in [9.17, 15) is 4.79 Å². The minimum Gasteiger partial charge on any atom is -0.328 e. The number of ketones is 1. The van der Waals surface area contributed by atoms with Gasteiger partial charge in [-0.3, -0.25) is 4.79 Å². The molecule has 20 heavy (non-hydrogen) atoms. The molecule has 2 heterocycles. The second-order valence-corrected chi connectivity index (χ2v) is 5.47. The van der Waals surface area contributed by atoms with E-state index in [1.807, 2.05) is 18.2 Å². The Labute approximate surface area is 119 Å². The second-order valence-electron chi connectivity index (χ2n) is 5.47. The maximum Gasteiger partial charge on any atom is 0.141 e. The van der Waals surface area contributed by atoms with Crippen molar-refractivity contribution in [2.75, 3.05) is 6.54 Å². The summed E-state index contributed by atoms with van der Waals surface area (Å²) in [5.41, 5.74) is 2.10. The molecule has 4 nitrogen and oxygen atoms in total. The summed E-state index contributed by atoms with van der Waals surface area (Å²) in [6, 6.07) is 8.46. The van der Waals surface area contributed by atoms with Gasteiger partial charge in [0.15, 0.2) is 0 Å². The molecule has 0 saturated carbocycles. The second kappa shape index (κ2) is 5.75. The van der Waals surface area contributed by atoms with E-state index in [0.717, 1.165) is 36.4 Å². The molecule has 1 aromatic heterocycles. The van der Waals surface area contributed by atoms with Crippen molar-refractivity contribution in [1.82, 2.24) is 14.9 Å². The summed E-state index contributed by atoms with van der Waals surface area (Å²) in [6.45, 7) is 4.00. The number of nitrogens with zero attached hydrogens (tertiary/aromatic N) is 2. The molecule has 0 aliphatic carbocycles. The Morgan fingerprint density at radius 1 is 1.45 bits per heavy atom. The van der Waals surface area contributed by atoms with E-state index in [2.05, 4.69) is 27.9 Å². The number of benzene rings is 1. The van der Waals surface area contributed by atoms with Crippen LogP contribution in [0.2, 0.25) is 0 Å². The van der Waals surface area contributed by atoms with Crippen LogP contribution in [-0.2, 0) is 17.8 Å². The quantitative estimate of drug-likeness (QED) is 0.907. The smallest absolute Gasteiger partial charge is 0.141 e. The number of aryl methyl sites for hydroxylation is 1. The molecule has 1 N–H and O–H groups in total. The largest absolute Gasteiger partial charge is 0.328 e. The van der Waals surface area contributed by atoms with Gasteiger partial charge in [0.05, 0.1) is 17.5 Å². The highest BCUT2D eigenvalue weighted by Gasteiger charge is 2.19. The third-order valence-electron chi connectivity index (χ3n) is 4.04. The third kappa shape index (κ3) is 2.61. The summed E-state index contributed by atoms with van der Waals surface area (Å²) in [7, 11) is 0. The maximum absolute atomic E-state index is 12.2. The first-order chi connectivity index (χ1) is 9.78. The van der Waals surface area contributed by atoms with Crippen molar-refractivity contribution in [2.24, 2.45) is 0 Å². The monoisotopic (exact) mass is 271 g/mol. The number of imidazole rings is 1. The molecule has 1 saturated heterocycles. The van der Waals surface area contributed by atoms with Crippen molar-refractivity contribution in [3.8, 4) is 0 Å². The van der Waals surface area contributed by atoms with E-state index in [-0.39, 0.29) is 5.78 Å². The molecular weight excluding hydrogens is 250 g/mol. The molecule has 1 atom stereocenters. The number of hydrogen-bond acceptors (Lipinski definition) is 3. The van der Waals surface area contributed by atoms with Gasteiger partial charge in [-0.25, -0.2) is 4.98 Å². The first kappa shape index (κ1) is 13.3. The zero-order valence-electron chi connectivity index (χ0n) is 11.9. The summed E-state index contributed by atoms with van der Waals surface area (Å²) in [5, 5.41) is 3.38. The predicted octanol–water partition coefficient (Wildman–Crippen LogP) is 2.31. The number of hydrogen-bond donors (Lipinski definition) is 1. The Morgan fingerprint density at radius 3 is 3.05 bits per heavy atom. The number of carbonyl (C=O) groups excluding carboxylic acids is 1. The molecule has 4 heteroatoms. The van der Waals surface area contributed by atoms with Crippen molar-refractivity contribution >= 4 is 16.8 Å². The van der Waals surface area contributed by atoms with Gasteiger partial charge in [-0.05, 0) is 38.4 Å². The van der Waals surface area contributed by atoms with Crippen molar-refractivity contribution in [3.63, 3.8) is 0 Å². The molecule has 0 spiro atoms. The lowest BCUT2D eigenvalue weighted by molar-refractivity contribution is -0.119. The standard InChI is InChI=1S/C16H21N3O/c1-2-19-15-8-4-3-7-14(15)18-16(19)11-13(20)10-12-6-5-9-17-12/h3-4,7-8,12,17H,2,5-6,9-11H2,1H3. The number of aromatic nitrogens is 2.